The highest BCUT2D eigenvalue weighted by Crippen LogP contribution is 2.31. The van der Waals surface area contributed by atoms with Gasteiger partial charge in [-0.05, 0) is 19.1 Å². The first-order valence-corrected chi connectivity index (χ1v) is 9.32. The average Bonchev–Trinajstić information content (AvgIpc) is 2.64. The summed E-state index contributed by atoms with van der Waals surface area (Å²) in [6.07, 6.45) is 0.0425. The first-order valence-electron chi connectivity index (χ1n) is 8.94. The van der Waals surface area contributed by atoms with Crippen molar-refractivity contribution in [1.29, 1.82) is 0 Å². The molecule has 1 amide bonds. The molecule has 3 unspecified atom stereocenters. The molecular weight excluding hydrogens is 361 g/mol. The van der Waals surface area contributed by atoms with E-state index >= 15 is 0 Å². The second-order valence-electron chi connectivity index (χ2n) is 6.65. The molecule has 1 aromatic rings. The molecule has 0 spiro atoms. The van der Waals surface area contributed by atoms with E-state index in [0.29, 0.717) is 50.0 Å². The van der Waals surface area contributed by atoms with E-state index in [4.69, 9.17) is 21.1 Å². The van der Waals surface area contributed by atoms with Crippen LogP contribution in [0, 0.1) is 5.82 Å². The molecule has 8 heteroatoms. The van der Waals surface area contributed by atoms with Crippen LogP contribution in [0.25, 0.3) is 0 Å². The van der Waals surface area contributed by atoms with Gasteiger partial charge in [-0.25, -0.2) is 4.39 Å². The molecule has 0 radical (unpaired) electrons. The molecule has 2 heterocycles. The maximum Gasteiger partial charge on any atom is 0.239 e. The number of hydrogen-bond donors (Lipinski definition) is 2. The number of hydrogen-bond acceptors (Lipinski definition) is 5. The molecule has 0 aliphatic carbocycles. The highest BCUT2D eigenvalue weighted by atomic mass is 35.5. The van der Waals surface area contributed by atoms with Gasteiger partial charge in [-0.15, -0.1) is 0 Å². The van der Waals surface area contributed by atoms with E-state index in [9.17, 15) is 9.18 Å². The summed E-state index contributed by atoms with van der Waals surface area (Å²) in [5.74, 6) is -0.515. The number of amides is 1. The molecule has 2 N–H and O–H groups in total. The maximum atomic E-state index is 14.5. The van der Waals surface area contributed by atoms with Gasteiger partial charge >= 0.3 is 0 Å². The second-order valence-corrected chi connectivity index (χ2v) is 7.06. The van der Waals surface area contributed by atoms with Crippen molar-refractivity contribution in [3.8, 4) is 0 Å². The fraction of sp³-hybridized carbons (Fsp3) is 0.611. The lowest BCUT2D eigenvalue weighted by atomic mass is 10.0. The van der Waals surface area contributed by atoms with Crippen LogP contribution in [0.5, 0.6) is 0 Å². The molecule has 144 valence electrons. The Morgan fingerprint density at radius 2 is 2.35 bits per heavy atom. The lowest BCUT2D eigenvalue weighted by Gasteiger charge is -2.38. The van der Waals surface area contributed by atoms with E-state index in [1.807, 2.05) is 6.92 Å². The summed E-state index contributed by atoms with van der Waals surface area (Å²) in [5, 5.41) is 6.41. The minimum absolute atomic E-state index is 0.0425. The number of benzene rings is 1. The van der Waals surface area contributed by atoms with Crippen LogP contribution in [0.1, 0.15) is 18.5 Å². The van der Waals surface area contributed by atoms with Crippen molar-refractivity contribution in [3.63, 3.8) is 0 Å². The Bertz CT molecular complexity index is 607. The second kappa shape index (κ2) is 9.10. The van der Waals surface area contributed by atoms with Crippen molar-refractivity contribution in [3.05, 3.63) is 34.6 Å². The largest absolute Gasteiger partial charge is 0.378 e. The minimum Gasteiger partial charge on any atom is -0.378 e. The van der Waals surface area contributed by atoms with Gasteiger partial charge in [0.15, 0.2) is 0 Å². The Kier molecular flexibility index (Phi) is 6.83. The fourth-order valence-electron chi connectivity index (χ4n) is 3.43. The number of nitrogens with zero attached hydrogens (tertiary/aromatic N) is 1. The van der Waals surface area contributed by atoms with Crippen molar-refractivity contribution in [2.24, 2.45) is 0 Å². The van der Waals surface area contributed by atoms with E-state index in [1.165, 1.54) is 6.07 Å². The maximum absolute atomic E-state index is 14.5. The van der Waals surface area contributed by atoms with Gasteiger partial charge in [-0.1, -0.05) is 17.7 Å². The SMILES string of the molecule is CC1CN(C(CNC(=O)C2COCCN2)c2c(F)cccc2Cl)CCO1. The summed E-state index contributed by atoms with van der Waals surface area (Å²) in [4.78, 5) is 14.5. The molecule has 2 aliphatic rings. The molecule has 2 saturated heterocycles. The first-order chi connectivity index (χ1) is 12.6. The lowest BCUT2D eigenvalue weighted by Crippen LogP contribution is -2.53. The fourth-order valence-corrected chi connectivity index (χ4v) is 3.71. The Hall–Kier alpha value is -1.25. The van der Waals surface area contributed by atoms with E-state index in [2.05, 4.69) is 15.5 Å². The van der Waals surface area contributed by atoms with Crippen LogP contribution >= 0.6 is 11.6 Å². The van der Waals surface area contributed by atoms with Crippen molar-refractivity contribution in [2.75, 3.05) is 46.0 Å². The summed E-state index contributed by atoms with van der Waals surface area (Å²) >= 11 is 6.30. The van der Waals surface area contributed by atoms with Crippen molar-refractivity contribution in [1.82, 2.24) is 15.5 Å². The van der Waals surface area contributed by atoms with Crippen LogP contribution in [-0.4, -0.2) is 69.0 Å². The van der Waals surface area contributed by atoms with Gasteiger partial charge in [-0.2, -0.15) is 0 Å². The molecular formula is C18H25ClFN3O3. The zero-order valence-corrected chi connectivity index (χ0v) is 15.6. The van der Waals surface area contributed by atoms with Gasteiger partial charge in [0.2, 0.25) is 5.91 Å². The summed E-state index contributed by atoms with van der Waals surface area (Å²) in [6.45, 7) is 5.69. The topological polar surface area (TPSA) is 62.8 Å². The normalized spacial score (nSPS) is 25.7. The molecule has 6 nitrogen and oxygen atoms in total. The summed E-state index contributed by atoms with van der Waals surface area (Å²) in [7, 11) is 0. The van der Waals surface area contributed by atoms with E-state index in [-0.39, 0.29) is 36.5 Å². The minimum atomic E-state index is -0.385. The van der Waals surface area contributed by atoms with Gasteiger partial charge < -0.3 is 20.1 Å². The first kappa shape index (κ1) is 19.5. The Morgan fingerprint density at radius 3 is 3.04 bits per heavy atom. The molecule has 0 aromatic heterocycles. The number of halogens is 2. The number of nitrogens with one attached hydrogen (secondary N) is 2. The Labute approximate surface area is 158 Å². The van der Waals surface area contributed by atoms with Gasteiger partial charge in [0.05, 0.1) is 32.0 Å². The molecule has 2 aliphatic heterocycles. The predicted octanol–water partition coefficient (Wildman–Crippen LogP) is 1.35. The smallest absolute Gasteiger partial charge is 0.239 e. The third-order valence-electron chi connectivity index (χ3n) is 4.75. The molecule has 3 atom stereocenters. The van der Waals surface area contributed by atoms with Crippen LogP contribution in [0.15, 0.2) is 18.2 Å². The predicted molar refractivity (Wildman–Crippen MR) is 96.8 cm³/mol. The van der Waals surface area contributed by atoms with E-state index in [0.717, 1.165) is 0 Å². The zero-order valence-electron chi connectivity index (χ0n) is 14.8. The van der Waals surface area contributed by atoms with Crippen LogP contribution in [-0.2, 0) is 14.3 Å². The van der Waals surface area contributed by atoms with Gasteiger partial charge in [0.1, 0.15) is 11.9 Å². The lowest BCUT2D eigenvalue weighted by molar-refractivity contribution is -0.126. The number of carbonyl (C=O) groups is 1. The van der Waals surface area contributed by atoms with Crippen molar-refractivity contribution >= 4 is 17.5 Å². The van der Waals surface area contributed by atoms with Crippen LogP contribution in [0.4, 0.5) is 4.39 Å². The summed E-state index contributed by atoms with van der Waals surface area (Å²) < 4.78 is 25.5. The molecule has 0 saturated carbocycles. The Balaban J connectivity index is 1.75. The molecule has 0 bridgehead atoms. The standard InChI is InChI=1S/C18H25ClFN3O3/c1-12-10-23(6-8-26-12)16(17-13(19)3-2-4-14(17)20)9-22-18(24)15-11-25-7-5-21-15/h2-4,12,15-16,21H,5-11H2,1H3,(H,22,24). The van der Waals surface area contributed by atoms with Crippen LogP contribution in [0.2, 0.25) is 5.02 Å². The van der Waals surface area contributed by atoms with Crippen LogP contribution in [0.3, 0.4) is 0 Å². The highest BCUT2D eigenvalue weighted by Gasteiger charge is 2.30. The number of ether oxygens (including phenoxy) is 2. The summed E-state index contributed by atoms with van der Waals surface area (Å²) in [5.41, 5.74) is 0.413. The number of rotatable bonds is 5. The highest BCUT2D eigenvalue weighted by molar-refractivity contribution is 6.31. The van der Waals surface area contributed by atoms with E-state index in [1.54, 1.807) is 12.1 Å². The third-order valence-corrected chi connectivity index (χ3v) is 5.08. The average molecular weight is 386 g/mol. The zero-order chi connectivity index (χ0) is 18.5. The molecule has 26 heavy (non-hydrogen) atoms. The monoisotopic (exact) mass is 385 g/mol. The quantitative estimate of drug-likeness (QED) is 0.801. The van der Waals surface area contributed by atoms with Crippen molar-refractivity contribution in [2.45, 2.75) is 25.1 Å². The molecule has 1 aromatic carbocycles. The number of carbonyl (C=O) groups excluding carboxylic acids is 1. The number of morpholine rings is 2. The third kappa shape index (κ3) is 4.72. The van der Waals surface area contributed by atoms with Crippen LogP contribution < -0.4 is 10.6 Å². The van der Waals surface area contributed by atoms with Crippen molar-refractivity contribution < 1.29 is 18.7 Å². The van der Waals surface area contributed by atoms with Gasteiger partial charge in [0.25, 0.3) is 0 Å². The van der Waals surface area contributed by atoms with Gasteiger partial charge in [-0.3, -0.25) is 9.69 Å². The summed E-state index contributed by atoms with van der Waals surface area (Å²) in [6, 6.07) is 3.92. The Morgan fingerprint density at radius 1 is 1.50 bits per heavy atom. The van der Waals surface area contributed by atoms with E-state index < -0.39 is 0 Å². The molecule has 3 rings (SSSR count). The molecule has 2 fully saturated rings. The van der Waals surface area contributed by atoms with Gasteiger partial charge in [0, 0.05) is 36.8 Å².